The molecule has 0 aliphatic carbocycles. The number of nitrogens with one attached hydrogen (secondary N) is 1. The third kappa shape index (κ3) is 2.33. The number of rotatable bonds is 2. The largest absolute Gasteiger partial charge is 0.293 e. The molecule has 0 amide bonds. The van der Waals surface area contributed by atoms with Gasteiger partial charge in [0.25, 0.3) is 0 Å². The molecular formula is C10H14N2Si. The fraction of sp³-hybridized carbons (Fsp3) is 0.300. The van der Waals surface area contributed by atoms with Gasteiger partial charge in [-0.2, -0.15) is 5.26 Å². The minimum Gasteiger partial charge on any atom is -0.293 e. The van der Waals surface area contributed by atoms with Crippen LogP contribution in [0.4, 0.5) is 5.69 Å². The van der Waals surface area contributed by atoms with Crippen molar-refractivity contribution >= 4 is 18.9 Å². The lowest BCUT2D eigenvalue weighted by atomic mass is 10.3. The van der Waals surface area contributed by atoms with Gasteiger partial charge in [-0.1, -0.05) is 37.8 Å². The van der Waals surface area contributed by atoms with Crippen molar-refractivity contribution in [1.82, 2.24) is 0 Å². The van der Waals surface area contributed by atoms with E-state index in [0.717, 1.165) is 5.69 Å². The molecule has 0 heterocycles. The number of hydrogen-bond acceptors (Lipinski definition) is 2. The average molecular weight is 190 g/mol. The monoisotopic (exact) mass is 190 g/mol. The molecule has 1 rings (SSSR count). The zero-order chi connectivity index (χ0) is 9.90. The van der Waals surface area contributed by atoms with Crippen LogP contribution in [0.25, 0.3) is 0 Å². The van der Waals surface area contributed by atoms with Crippen LogP contribution in [-0.2, 0) is 0 Å². The Morgan fingerprint density at radius 1 is 1.23 bits per heavy atom. The van der Waals surface area contributed by atoms with Crippen molar-refractivity contribution in [3.05, 3.63) is 24.3 Å². The van der Waals surface area contributed by atoms with E-state index in [1.807, 2.05) is 24.4 Å². The first kappa shape index (κ1) is 9.81. The highest BCUT2D eigenvalue weighted by Crippen LogP contribution is 2.10. The lowest BCUT2D eigenvalue weighted by molar-refractivity contribution is 1.47. The summed E-state index contributed by atoms with van der Waals surface area (Å²) in [5, 5.41) is 12.6. The van der Waals surface area contributed by atoms with Crippen LogP contribution in [0.2, 0.25) is 19.6 Å². The minimum absolute atomic E-state index is 0.962. The topological polar surface area (TPSA) is 35.8 Å². The van der Waals surface area contributed by atoms with Gasteiger partial charge in [0.15, 0.2) is 6.19 Å². The molecular weight excluding hydrogens is 176 g/mol. The first-order valence-electron chi connectivity index (χ1n) is 4.30. The molecule has 0 saturated heterocycles. The predicted octanol–water partition coefficient (Wildman–Crippen LogP) is 2.12. The highest BCUT2D eigenvalue weighted by Gasteiger charge is 2.19. The Morgan fingerprint density at radius 3 is 2.38 bits per heavy atom. The smallest absolute Gasteiger partial charge is 0.181 e. The zero-order valence-electron chi connectivity index (χ0n) is 8.26. The van der Waals surface area contributed by atoms with Crippen molar-refractivity contribution in [2.75, 3.05) is 5.32 Å². The number of para-hydroxylation sites is 1. The molecule has 0 atom stereocenters. The van der Waals surface area contributed by atoms with Gasteiger partial charge in [0, 0.05) is 5.69 Å². The Hall–Kier alpha value is -1.27. The van der Waals surface area contributed by atoms with Gasteiger partial charge in [0.2, 0.25) is 0 Å². The molecule has 0 bridgehead atoms. The average Bonchev–Trinajstić information content (AvgIpc) is 2.04. The van der Waals surface area contributed by atoms with E-state index >= 15 is 0 Å². The summed E-state index contributed by atoms with van der Waals surface area (Å²) in [4.78, 5) is 0. The summed E-state index contributed by atoms with van der Waals surface area (Å²) >= 11 is 0. The molecule has 0 spiro atoms. The Morgan fingerprint density at radius 2 is 1.85 bits per heavy atom. The van der Waals surface area contributed by atoms with E-state index in [4.69, 9.17) is 5.26 Å². The highest BCUT2D eigenvalue weighted by atomic mass is 28.3. The lowest BCUT2D eigenvalue weighted by Crippen LogP contribution is -2.38. The first-order valence-corrected chi connectivity index (χ1v) is 7.80. The second-order valence-corrected chi connectivity index (χ2v) is 9.07. The Kier molecular flexibility index (Phi) is 2.74. The van der Waals surface area contributed by atoms with Gasteiger partial charge in [0.05, 0.1) is 8.07 Å². The van der Waals surface area contributed by atoms with Crippen molar-refractivity contribution in [3.63, 3.8) is 0 Å². The molecule has 0 unspecified atom stereocenters. The van der Waals surface area contributed by atoms with Crippen LogP contribution in [-0.4, -0.2) is 8.07 Å². The van der Waals surface area contributed by atoms with Gasteiger partial charge < -0.3 is 0 Å². The van der Waals surface area contributed by atoms with Crippen LogP contribution in [0.3, 0.4) is 0 Å². The molecule has 0 aromatic heterocycles. The van der Waals surface area contributed by atoms with E-state index in [2.05, 4.69) is 31.0 Å². The predicted molar refractivity (Wildman–Crippen MR) is 58.7 cm³/mol. The fourth-order valence-electron chi connectivity index (χ4n) is 1.31. The molecule has 3 heteroatoms. The van der Waals surface area contributed by atoms with Crippen LogP contribution < -0.4 is 10.5 Å². The molecule has 13 heavy (non-hydrogen) atoms. The molecule has 0 aliphatic rings. The Labute approximate surface area is 80.2 Å². The number of nitriles is 1. The molecule has 1 aromatic rings. The van der Waals surface area contributed by atoms with E-state index in [9.17, 15) is 0 Å². The van der Waals surface area contributed by atoms with E-state index in [1.165, 1.54) is 5.19 Å². The number of anilines is 1. The summed E-state index contributed by atoms with van der Waals surface area (Å²) in [5.74, 6) is 0. The molecule has 2 nitrogen and oxygen atoms in total. The van der Waals surface area contributed by atoms with Crippen LogP contribution >= 0.6 is 0 Å². The fourth-order valence-corrected chi connectivity index (χ4v) is 2.86. The normalized spacial score (nSPS) is 10.6. The molecule has 1 N–H and O–H groups in total. The zero-order valence-corrected chi connectivity index (χ0v) is 9.26. The third-order valence-corrected chi connectivity index (χ3v) is 3.98. The standard InChI is InChI=1S/C10H14N2Si/c1-13(2,3)10-7-5-4-6-9(10)12-8-11/h4-7,12H,1-3H3. The van der Waals surface area contributed by atoms with E-state index in [-0.39, 0.29) is 0 Å². The van der Waals surface area contributed by atoms with Gasteiger partial charge >= 0.3 is 0 Å². The first-order chi connectivity index (χ1) is 6.05. The maximum atomic E-state index is 8.56. The van der Waals surface area contributed by atoms with Crippen LogP contribution in [0.1, 0.15) is 0 Å². The summed E-state index contributed by atoms with van der Waals surface area (Å²) in [7, 11) is -1.33. The van der Waals surface area contributed by atoms with Crippen molar-refractivity contribution in [1.29, 1.82) is 5.26 Å². The molecule has 0 aliphatic heterocycles. The summed E-state index contributed by atoms with van der Waals surface area (Å²) < 4.78 is 0. The maximum absolute atomic E-state index is 8.56. The Balaban J connectivity index is 3.14. The molecule has 1 aromatic carbocycles. The van der Waals surface area contributed by atoms with Gasteiger partial charge in [0.1, 0.15) is 0 Å². The summed E-state index contributed by atoms with van der Waals surface area (Å²) in [6.07, 6.45) is 1.97. The van der Waals surface area contributed by atoms with Crippen molar-refractivity contribution in [2.45, 2.75) is 19.6 Å². The number of nitrogens with zero attached hydrogens (tertiary/aromatic N) is 1. The maximum Gasteiger partial charge on any atom is 0.181 e. The van der Waals surface area contributed by atoms with Crippen LogP contribution in [0.5, 0.6) is 0 Å². The van der Waals surface area contributed by atoms with Gasteiger partial charge in [-0.05, 0) is 11.3 Å². The molecule has 68 valence electrons. The van der Waals surface area contributed by atoms with Gasteiger partial charge in [-0.25, -0.2) is 0 Å². The van der Waals surface area contributed by atoms with Crippen LogP contribution in [0.15, 0.2) is 24.3 Å². The third-order valence-electron chi connectivity index (χ3n) is 1.93. The van der Waals surface area contributed by atoms with Crippen molar-refractivity contribution in [3.8, 4) is 6.19 Å². The van der Waals surface area contributed by atoms with Crippen molar-refractivity contribution in [2.24, 2.45) is 0 Å². The van der Waals surface area contributed by atoms with E-state index in [1.54, 1.807) is 0 Å². The molecule has 0 radical (unpaired) electrons. The van der Waals surface area contributed by atoms with E-state index in [0.29, 0.717) is 0 Å². The SMILES string of the molecule is C[Si](C)(C)c1ccccc1NC#N. The van der Waals surface area contributed by atoms with Gasteiger partial charge in [-0.3, -0.25) is 5.32 Å². The second-order valence-electron chi connectivity index (χ2n) is 4.03. The highest BCUT2D eigenvalue weighted by molar-refractivity contribution is 6.89. The summed E-state index contributed by atoms with van der Waals surface area (Å²) in [6, 6.07) is 8.03. The second kappa shape index (κ2) is 3.63. The molecule has 0 saturated carbocycles. The molecule has 0 fully saturated rings. The lowest BCUT2D eigenvalue weighted by Gasteiger charge is -2.19. The van der Waals surface area contributed by atoms with Crippen LogP contribution in [0, 0.1) is 11.5 Å². The van der Waals surface area contributed by atoms with E-state index < -0.39 is 8.07 Å². The number of hydrogen-bond donors (Lipinski definition) is 1. The van der Waals surface area contributed by atoms with Gasteiger partial charge in [-0.15, -0.1) is 0 Å². The number of benzene rings is 1. The quantitative estimate of drug-likeness (QED) is 0.440. The Bertz CT molecular complexity index is 334. The van der Waals surface area contributed by atoms with Crippen molar-refractivity contribution < 1.29 is 0 Å². The summed E-state index contributed by atoms with van der Waals surface area (Å²) in [6.45, 7) is 6.81. The minimum atomic E-state index is -1.33. The summed E-state index contributed by atoms with van der Waals surface area (Å²) in [5.41, 5.74) is 0.962.